The number of phenolic OH excluding ortho intramolecular Hbond substituents is 2. The summed E-state index contributed by atoms with van der Waals surface area (Å²) >= 11 is 0. The maximum atomic E-state index is 9.52. The van der Waals surface area contributed by atoms with Gasteiger partial charge in [-0.05, 0) is 17.9 Å². The predicted molar refractivity (Wildman–Crippen MR) is 63.4 cm³/mol. The molecule has 0 fully saturated rings. The molecule has 0 aliphatic heterocycles. The fourth-order valence-corrected chi connectivity index (χ4v) is 1.49. The van der Waals surface area contributed by atoms with Gasteiger partial charge in [0, 0.05) is 11.5 Å². The zero-order valence-corrected chi connectivity index (χ0v) is 9.28. The maximum Gasteiger partial charge on any atom is 0.127 e. The number of hydrogen-bond acceptors (Lipinski definition) is 2. The Morgan fingerprint density at radius 1 is 0.867 bits per heavy atom. The van der Waals surface area contributed by atoms with Crippen LogP contribution in [0.3, 0.4) is 0 Å². The molecular weight excluding hydrogens is 188 g/mol. The van der Waals surface area contributed by atoms with Crippen LogP contribution in [0.25, 0.3) is 10.8 Å². The molecule has 2 rings (SSSR count). The van der Waals surface area contributed by atoms with E-state index in [1.807, 2.05) is 45.0 Å². The second-order valence-electron chi connectivity index (χ2n) is 3.09. The van der Waals surface area contributed by atoms with E-state index in [1.165, 1.54) is 6.07 Å². The van der Waals surface area contributed by atoms with Gasteiger partial charge in [-0.1, -0.05) is 38.1 Å². The van der Waals surface area contributed by atoms with Crippen molar-refractivity contribution in [1.29, 1.82) is 0 Å². The van der Waals surface area contributed by atoms with Crippen molar-refractivity contribution in [3.05, 3.63) is 35.9 Å². The maximum absolute atomic E-state index is 9.52. The van der Waals surface area contributed by atoms with Gasteiger partial charge in [-0.2, -0.15) is 0 Å². The third kappa shape index (κ3) is 2.04. The van der Waals surface area contributed by atoms with Gasteiger partial charge in [-0.3, -0.25) is 0 Å². The molecule has 0 radical (unpaired) electrons. The van der Waals surface area contributed by atoms with Gasteiger partial charge in [0.25, 0.3) is 0 Å². The molecule has 2 aromatic rings. The molecule has 0 unspecified atom stereocenters. The standard InChI is InChI=1S/C11H10O2.C2H6/c1-7-8-4-2-3-5-9(8)11(13)6-10(7)12;1-2/h2-6,12-13H,1H3;1-2H3. The van der Waals surface area contributed by atoms with Crippen LogP contribution in [0, 0.1) is 6.92 Å². The molecule has 0 aliphatic carbocycles. The van der Waals surface area contributed by atoms with E-state index in [9.17, 15) is 10.2 Å². The summed E-state index contributed by atoms with van der Waals surface area (Å²) in [6.45, 7) is 5.83. The van der Waals surface area contributed by atoms with Gasteiger partial charge in [0.2, 0.25) is 0 Å². The molecule has 0 amide bonds. The molecule has 0 heterocycles. The van der Waals surface area contributed by atoms with E-state index >= 15 is 0 Å². The van der Waals surface area contributed by atoms with Crippen LogP contribution in [0.4, 0.5) is 0 Å². The van der Waals surface area contributed by atoms with E-state index in [2.05, 4.69) is 0 Å². The van der Waals surface area contributed by atoms with Gasteiger partial charge < -0.3 is 10.2 Å². The highest BCUT2D eigenvalue weighted by molar-refractivity contribution is 5.92. The molecule has 0 spiro atoms. The molecule has 0 aliphatic rings. The van der Waals surface area contributed by atoms with Gasteiger partial charge in [0.15, 0.2) is 0 Å². The minimum absolute atomic E-state index is 0.124. The van der Waals surface area contributed by atoms with Gasteiger partial charge in [-0.25, -0.2) is 0 Å². The first-order valence-corrected chi connectivity index (χ1v) is 5.10. The van der Waals surface area contributed by atoms with Gasteiger partial charge in [0.05, 0.1) is 0 Å². The number of rotatable bonds is 0. The van der Waals surface area contributed by atoms with Crippen molar-refractivity contribution >= 4 is 10.8 Å². The number of benzene rings is 2. The monoisotopic (exact) mass is 204 g/mol. The Bertz CT molecular complexity index is 461. The zero-order chi connectivity index (χ0) is 11.4. The number of aromatic hydroxyl groups is 2. The SMILES string of the molecule is CC.Cc1c(O)cc(O)c2ccccc12. The molecule has 0 aromatic heterocycles. The van der Waals surface area contributed by atoms with E-state index in [4.69, 9.17) is 0 Å². The minimum Gasteiger partial charge on any atom is -0.508 e. The largest absolute Gasteiger partial charge is 0.508 e. The normalized spacial score (nSPS) is 9.53. The Kier molecular flexibility index (Phi) is 3.56. The van der Waals surface area contributed by atoms with Crippen molar-refractivity contribution in [3.8, 4) is 11.5 Å². The van der Waals surface area contributed by atoms with Crippen LogP contribution < -0.4 is 0 Å². The average molecular weight is 204 g/mol. The Morgan fingerprint density at radius 2 is 1.40 bits per heavy atom. The molecular formula is C13H16O2. The van der Waals surface area contributed by atoms with E-state index in [0.717, 1.165) is 16.3 Å². The third-order valence-electron chi connectivity index (χ3n) is 2.26. The minimum atomic E-state index is 0.124. The number of hydrogen-bond donors (Lipinski definition) is 2. The van der Waals surface area contributed by atoms with Crippen LogP contribution in [-0.2, 0) is 0 Å². The van der Waals surface area contributed by atoms with Crippen LogP contribution in [-0.4, -0.2) is 10.2 Å². The quantitative estimate of drug-likeness (QED) is 0.688. The summed E-state index contributed by atoms with van der Waals surface area (Å²) < 4.78 is 0. The van der Waals surface area contributed by atoms with E-state index in [0.29, 0.717) is 0 Å². The van der Waals surface area contributed by atoms with Crippen molar-refractivity contribution < 1.29 is 10.2 Å². The lowest BCUT2D eigenvalue weighted by atomic mass is 10.0. The zero-order valence-electron chi connectivity index (χ0n) is 9.28. The summed E-state index contributed by atoms with van der Waals surface area (Å²) in [5.74, 6) is 0.259. The molecule has 0 bridgehead atoms. The fourth-order valence-electron chi connectivity index (χ4n) is 1.49. The Hall–Kier alpha value is -1.70. The van der Waals surface area contributed by atoms with Crippen molar-refractivity contribution in [1.82, 2.24) is 0 Å². The Labute approximate surface area is 89.8 Å². The summed E-state index contributed by atoms with van der Waals surface area (Å²) in [4.78, 5) is 0. The van der Waals surface area contributed by atoms with Gasteiger partial charge in [-0.15, -0.1) is 0 Å². The second kappa shape index (κ2) is 4.69. The Morgan fingerprint density at radius 3 is 2.00 bits per heavy atom. The smallest absolute Gasteiger partial charge is 0.127 e. The number of aryl methyl sites for hydroxylation is 1. The van der Waals surface area contributed by atoms with Crippen molar-refractivity contribution in [2.24, 2.45) is 0 Å². The molecule has 0 saturated heterocycles. The summed E-state index contributed by atoms with van der Waals surface area (Å²) in [6.07, 6.45) is 0. The summed E-state index contributed by atoms with van der Waals surface area (Å²) in [5, 5.41) is 20.6. The van der Waals surface area contributed by atoms with Crippen LogP contribution in [0.5, 0.6) is 11.5 Å². The molecule has 2 heteroatoms. The highest BCUT2D eigenvalue weighted by Crippen LogP contribution is 2.33. The highest BCUT2D eigenvalue weighted by Gasteiger charge is 2.05. The molecule has 0 atom stereocenters. The van der Waals surface area contributed by atoms with E-state index in [-0.39, 0.29) is 11.5 Å². The molecule has 2 aromatic carbocycles. The number of fused-ring (bicyclic) bond motifs is 1. The summed E-state index contributed by atoms with van der Waals surface area (Å²) in [6, 6.07) is 8.83. The Balaban J connectivity index is 0.000000531. The first kappa shape index (κ1) is 11.4. The van der Waals surface area contributed by atoms with E-state index in [1.54, 1.807) is 0 Å². The first-order chi connectivity index (χ1) is 7.20. The third-order valence-corrected chi connectivity index (χ3v) is 2.26. The van der Waals surface area contributed by atoms with Crippen molar-refractivity contribution in [3.63, 3.8) is 0 Å². The van der Waals surface area contributed by atoms with E-state index < -0.39 is 0 Å². The average Bonchev–Trinajstić information content (AvgIpc) is 2.29. The van der Waals surface area contributed by atoms with Crippen LogP contribution >= 0.6 is 0 Å². The second-order valence-corrected chi connectivity index (χ2v) is 3.09. The molecule has 80 valence electrons. The molecule has 2 nitrogen and oxygen atoms in total. The fraction of sp³-hybridized carbons (Fsp3) is 0.231. The van der Waals surface area contributed by atoms with Gasteiger partial charge in [0.1, 0.15) is 11.5 Å². The van der Waals surface area contributed by atoms with Crippen molar-refractivity contribution in [2.45, 2.75) is 20.8 Å². The van der Waals surface area contributed by atoms with Crippen LogP contribution in [0.15, 0.2) is 30.3 Å². The lowest BCUT2D eigenvalue weighted by Gasteiger charge is -2.05. The molecule has 2 N–H and O–H groups in total. The summed E-state index contributed by atoms with van der Waals surface area (Å²) in [7, 11) is 0. The topological polar surface area (TPSA) is 40.5 Å². The predicted octanol–water partition coefficient (Wildman–Crippen LogP) is 3.59. The molecule has 0 saturated carbocycles. The number of phenols is 2. The van der Waals surface area contributed by atoms with Crippen LogP contribution in [0.1, 0.15) is 19.4 Å². The lowest BCUT2D eigenvalue weighted by molar-refractivity contribution is 0.452. The molecule has 15 heavy (non-hydrogen) atoms. The van der Waals surface area contributed by atoms with Gasteiger partial charge >= 0.3 is 0 Å². The van der Waals surface area contributed by atoms with Crippen molar-refractivity contribution in [2.75, 3.05) is 0 Å². The first-order valence-electron chi connectivity index (χ1n) is 5.10. The highest BCUT2D eigenvalue weighted by atomic mass is 16.3. The lowest BCUT2D eigenvalue weighted by Crippen LogP contribution is -1.80. The van der Waals surface area contributed by atoms with Crippen LogP contribution in [0.2, 0.25) is 0 Å². The summed E-state index contributed by atoms with van der Waals surface area (Å²) in [5.41, 5.74) is 0.799.